The number of likely N-dealkylation sites (tertiary alicyclic amines) is 2. The molecule has 246 valence electrons. The molecule has 4 aliphatic rings. The third kappa shape index (κ3) is 5.82. The highest BCUT2D eigenvalue weighted by atomic mass is 35.5. The van der Waals surface area contributed by atoms with Gasteiger partial charge in [0.15, 0.2) is 10.3 Å². The zero-order valence-corrected chi connectivity index (χ0v) is 28.7. The molecule has 4 fully saturated rings. The van der Waals surface area contributed by atoms with Crippen molar-refractivity contribution in [2.45, 2.75) is 49.9 Å². The predicted octanol–water partition coefficient (Wildman–Crippen LogP) is 5.81. The smallest absolute Gasteiger partial charge is 0.220 e. The Morgan fingerprint density at radius 2 is 1.02 bits per heavy atom. The van der Waals surface area contributed by atoms with Crippen LogP contribution in [0.4, 0.5) is 0 Å². The molecule has 48 heavy (non-hydrogen) atoms. The minimum absolute atomic E-state index is 0.110. The Labute approximate surface area is 297 Å². The third-order valence-electron chi connectivity index (χ3n) is 9.76. The van der Waals surface area contributed by atoms with E-state index in [0.29, 0.717) is 91.3 Å². The summed E-state index contributed by atoms with van der Waals surface area (Å²) in [4.78, 5) is 46.3. The molecular formula is C34H30Cl4N8O2. The second kappa shape index (κ2) is 12.2. The topological polar surface area (TPSA) is 116 Å². The van der Waals surface area contributed by atoms with Gasteiger partial charge in [0.25, 0.3) is 0 Å². The molecular weight excluding hydrogens is 694 g/mol. The number of halogens is 4. The first-order valence-electron chi connectivity index (χ1n) is 15.8. The third-order valence-corrected chi connectivity index (χ3v) is 11.2. The summed E-state index contributed by atoms with van der Waals surface area (Å²) in [6.45, 7) is 4.19. The fraction of sp³-hybridized carbons (Fsp3) is 0.353. The van der Waals surface area contributed by atoms with Gasteiger partial charge in [-0.25, -0.2) is 9.97 Å². The molecule has 8 rings (SSSR count). The molecule has 6 heterocycles. The van der Waals surface area contributed by atoms with Crippen molar-refractivity contribution in [3.05, 3.63) is 80.5 Å². The van der Waals surface area contributed by atoms with Crippen LogP contribution in [-0.4, -0.2) is 78.8 Å². The average Bonchev–Trinajstić information content (AvgIpc) is 3.62. The van der Waals surface area contributed by atoms with Crippen molar-refractivity contribution in [3.63, 3.8) is 0 Å². The van der Waals surface area contributed by atoms with E-state index in [-0.39, 0.29) is 22.9 Å². The van der Waals surface area contributed by atoms with Crippen molar-refractivity contribution in [1.82, 2.24) is 40.4 Å². The van der Waals surface area contributed by atoms with Crippen molar-refractivity contribution in [1.29, 1.82) is 0 Å². The van der Waals surface area contributed by atoms with E-state index >= 15 is 0 Å². The molecule has 2 N–H and O–H groups in total. The van der Waals surface area contributed by atoms with Crippen LogP contribution >= 0.6 is 46.4 Å². The molecule has 0 aliphatic carbocycles. The van der Waals surface area contributed by atoms with Crippen LogP contribution < -0.4 is 10.6 Å². The van der Waals surface area contributed by atoms with Crippen molar-refractivity contribution in [2.75, 3.05) is 26.2 Å². The quantitative estimate of drug-likeness (QED) is 0.246. The molecule has 0 atom stereocenters. The predicted molar refractivity (Wildman–Crippen MR) is 185 cm³/mol. The average molecular weight is 724 g/mol. The molecule has 14 heteroatoms. The van der Waals surface area contributed by atoms with E-state index in [9.17, 15) is 9.59 Å². The van der Waals surface area contributed by atoms with Gasteiger partial charge in [-0.2, -0.15) is 0 Å². The molecule has 0 bridgehead atoms. The van der Waals surface area contributed by atoms with Crippen LogP contribution in [0.25, 0.3) is 33.6 Å². The summed E-state index contributed by atoms with van der Waals surface area (Å²) in [5, 5.41) is 7.73. The van der Waals surface area contributed by atoms with E-state index in [0.717, 1.165) is 39.0 Å². The first-order valence-corrected chi connectivity index (χ1v) is 17.3. The Morgan fingerprint density at radius 3 is 1.38 bits per heavy atom. The number of carbonyl (C=O) groups is 2. The van der Waals surface area contributed by atoms with Crippen molar-refractivity contribution in [3.8, 4) is 33.6 Å². The molecule has 0 saturated carbocycles. The van der Waals surface area contributed by atoms with Crippen molar-refractivity contribution in [2.24, 2.45) is 0 Å². The molecule has 10 nitrogen and oxygen atoms in total. The standard InChI is InChI=1S/C34H30Cl4N8O2/c35-29-19(3-1-5-21(29)23-11-39-25(31(37)41-23)13-45-15-33(16-45)9-7-27(47)43-33)20-4-2-6-22(30(20)36)24-12-40-26(32(38)42-24)14-46-17-34(18-46)10-8-28(48)44-34/h1-6,11-12H,7-10,13-18H2,(H,43,47)(H,44,48). The van der Waals surface area contributed by atoms with Gasteiger partial charge >= 0.3 is 0 Å². The van der Waals surface area contributed by atoms with Crippen LogP contribution in [0, 0.1) is 0 Å². The molecule has 4 aromatic rings. The van der Waals surface area contributed by atoms with Crippen LogP contribution in [0.2, 0.25) is 20.4 Å². The number of rotatable bonds is 7. The molecule has 4 saturated heterocycles. The van der Waals surface area contributed by atoms with Crippen LogP contribution in [-0.2, 0) is 22.7 Å². The second-order valence-electron chi connectivity index (χ2n) is 13.3. The lowest BCUT2D eigenvalue weighted by molar-refractivity contribution is -0.121. The monoisotopic (exact) mass is 722 g/mol. The number of hydrogen-bond donors (Lipinski definition) is 2. The van der Waals surface area contributed by atoms with E-state index in [4.69, 9.17) is 46.4 Å². The fourth-order valence-electron chi connectivity index (χ4n) is 7.42. The van der Waals surface area contributed by atoms with E-state index < -0.39 is 0 Å². The summed E-state index contributed by atoms with van der Waals surface area (Å²) in [5.74, 6) is 0.232. The molecule has 0 radical (unpaired) electrons. The molecule has 4 aliphatic heterocycles. The molecule has 2 spiro atoms. The van der Waals surface area contributed by atoms with Gasteiger partial charge in [0.2, 0.25) is 11.8 Å². The van der Waals surface area contributed by atoms with Gasteiger partial charge in [0, 0.05) is 74.4 Å². The molecule has 2 aromatic carbocycles. The zero-order valence-electron chi connectivity index (χ0n) is 25.7. The van der Waals surface area contributed by atoms with Gasteiger partial charge in [0.05, 0.1) is 56.3 Å². The van der Waals surface area contributed by atoms with Crippen LogP contribution in [0.5, 0.6) is 0 Å². The van der Waals surface area contributed by atoms with Gasteiger partial charge in [-0.1, -0.05) is 82.8 Å². The highest BCUT2D eigenvalue weighted by Gasteiger charge is 2.48. The van der Waals surface area contributed by atoms with Crippen molar-refractivity contribution < 1.29 is 9.59 Å². The minimum atomic E-state index is -0.110. The highest BCUT2D eigenvalue weighted by Crippen LogP contribution is 2.42. The summed E-state index contributed by atoms with van der Waals surface area (Å²) in [6.07, 6.45) is 6.24. The summed E-state index contributed by atoms with van der Waals surface area (Å²) >= 11 is 27.3. The summed E-state index contributed by atoms with van der Waals surface area (Å²) < 4.78 is 0. The molecule has 0 unspecified atom stereocenters. The number of hydrogen-bond acceptors (Lipinski definition) is 8. The van der Waals surface area contributed by atoms with Crippen molar-refractivity contribution >= 4 is 58.2 Å². The summed E-state index contributed by atoms with van der Waals surface area (Å²) in [7, 11) is 0. The number of nitrogens with one attached hydrogen (secondary N) is 2. The Hall–Kier alpha value is -3.38. The Kier molecular flexibility index (Phi) is 8.09. The van der Waals surface area contributed by atoms with E-state index in [1.807, 2.05) is 36.4 Å². The number of carbonyl (C=O) groups excluding carboxylic acids is 2. The minimum Gasteiger partial charge on any atom is -0.348 e. The van der Waals surface area contributed by atoms with Gasteiger partial charge in [-0.15, -0.1) is 0 Å². The first kappa shape index (κ1) is 31.9. The Morgan fingerprint density at radius 1 is 0.625 bits per heavy atom. The molecule has 2 amide bonds. The van der Waals surface area contributed by atoms with Crippen LogP contribution in [0.1, 0.15) is 37.1 Å². The van der Waals surface area contributed by atoms with E-state index in [1.54, 1.807) is 12.4 Å². The van der Waals surface area contributed by atoms with Gasteiger partial charge in [-0.05, 0) is 12.8 Å². The van der Waals surface area contributed by atoms with Gasteiger partial charge in [-0.3, -0.25) is 29.4 Å². The first-order chi connectivity index (χ1) is 23.1. The lowest BCUT2D eigenvalue weighted by Crippen LogP contribution is -2.66. The number of benzene rings is 2. The molecule has 2 aromatic heterocycles. The second-order valence-corrected chi connectivity index (χ2v) is 14.7. The maximum atomic E-state index is 11.7. The number of aromatic nitrogens is 4. The summed E-state index contributed by atoms with van der Waals surface area (Å²) in [5.41, 5.74) is 4.99. The highest BCUT2D eigenvalue weighted by molar-refractivity contribution is 6.39. The Balaban J connectivity index is 0.990. The van der Waals surface area contributed by atoms with Gasteiger partial charge in [0.1, 0.15) is 0 Å². The number of nitrogens with zero attached hydrogens (tertiary/aromatic N) is 6. The fourth-order valence-corrected chi connectivity index (χ4v) is 8.47. The maximum Gasteiger partial charge on any atom is 0.220 e. The zero-order chi connectivity index (χ0) is 33.2. The van der Waals surface area contributed by atoms with Gasteiger partial charge < -0.3 is 10.6 Å². The van der Waals surface area contributed by atoms with E-state index in [1.165, 1.54) is 0 Å². The largest absolute Gasteiger partial charge is 0.348 e. The van der Waals surface area contributed by atoms with E-state index in [2.05, 4.69) is 40.4 Å². The van der Waals surface area contributed by atoms with Crippen LogP contribution in [0.15, 0.2) is 48.8 Å². The maximum absolute atomic E-state index is 11.7. The number of amides is 2. The normalized spacial score (nSPS) is 19.8. The Bertz CT molecular complexity index is 1840. The van der Waals surface area contributed by atoms with Crippen LogP contribution in [0.3, 0.4) is 0 Å². The lowest BCUT2D eigenvalue weighted by atomic mass is 9.88. The SMILES string of the molecule is O=C1CCC2(CN(Cc3ncc(-c4cccc(-c5cccc(-c6cnc(CN7CC8(CCC(=O)N8)C7)c(Cl)n6)c5Cl)c4Cl)nc3Cl)C2)N1. The summed E-state index contributed by atoms with van der Waals surface area (Å²) in [6, 6.07) is 11.3. The lowest BCUT2D eigenvalue weighted by Gasteiger charge is -2.47.